The first-order valence-corrected chi connectivity index (χ1v) is 19.3. The number of benzene rings is 4. The largest absolute Gasteiger partial charge is 0.397 e. The summed E-state index contributed by atoms with van der Waals surface area (Å²) in [6, 6.07) is 29.4. The number of aryl methyl sites for hydroxylation is 1. The van der Waals surface area contributed by atoms with E-state index in [1.54, 1.807) is 42.7 Å². The van der Waals surface area contributed by atoms with Crippen LogP contribution >= 0.6 is 0 Å². The smallest absolute Gasteiger partial charge is 0.255 e. The number of hydrogen-bond acceptors (Lipinski definition) is 11. The molecule has 4 aromatic carbocycles. The molecule has 0 aliphatic carbocycles. The fourth-order valence-electron chi connectivity index (χ4n) is 5.93. The molecule has 1 aliphatic heterocycles. The van der Waals surface area contributed by atoms with E-state index in [9.17, 15) is 9.59 Å². The van der Waals surface area contributed by atoms with Crippen molar-refractivity contribution in [1.82, 2.24) is 24.4 Å². The van der Waals surface area contributed by atoms with Crippen LogP contribution in [0.5, 0.6) is 0 Å². The van der Waals surface area contributed by atoms with Crippen molar-refractivity contribution in [2.75, 3.05) is 59.5 Å². The zero-order chi connectivity index (χ0) is 40.6. The van der Waals surface area contributed by atoms with Crippen LogP contribution in [0.15, 0.2) is 103 Å². The Hall–Kier alpha value is -6.51. The molecule has 298 valence electrons. The first-order chi connectivity index (χ1) is 27.8. The van der Waals surface area contributed by atoms with E-state index >= 15 is 0 Å². The van der Waals surface area contributed by atoms with Crippen molar-refractivity contribution in [3.05, 3.63) is 126 Å². The van der Waals surface area contributed by atoms with Crippen molar-refractivity contribution in [2.45, 2.75) is 53.2 Å². The number of nitrogens with one attached hydrogen (secondary N) is 3. The molecule has 0 radical (unpaired) electrons. The molecule has 1 aliphatic rings. The number of rotatable bonds is 12. The Morgan fingerprint density at radius 3 is 1.82 bits per heavy atom. The number of ether oxygens (including phenoxy) is 1. The van der Waals surface area contributed by atoms with Crippen LogP contribution in [0.1, 0.15) is 65.5 Å². The Balaban J connectivity index is 0.000000219. The maximum Gasteiger partial charge on any atom is 0.255 e. The number of unbranched alkanes of at least 4 members (excludes halogenated alkanes) is 1. The SMILES string of the molecule is CC.CCCCn1cnc2c(NCc3ccc(C(=O)Nc4ccccc4N)cc3)nc(N)nc21.Nc1ccccc1NC(=O)c1ccc(CN2CCOCC2)cc1. The summed E-state index contributed by atoms with van der Waals surface area (Å²) in [7, 11) is 0. The van der Waals surface area contributed by atoms with Crippen molar-refractivity contribution in [1.29, 1.82) is 0 Å². The number of nitrogen functional groups attached to an aromatic ring is 3. The van der Waals surface area contributed by atoms with Crippen molar-refractivity contribution < 1.29 is 14.3 Å². The van der Waals surface area contributed by atoms with Gasteiger partial charge in [-0.1, -0.05) is 75.7 Å². The van der Waals surface area contributed by atoms with E-state index in [1.807, 2.05) is 79.1 Å². The molecule has 57 heavy (non-hydrogen) atoms. The molecule has 0 atom stereocenters. The molecule has 2 aromatic heterocycles. The molecule has 14 nitrogen and oxygen atoms in total. The second-order valence-electron chi connectivity index (χ2n) is 13.1. The number of nitrogens with two attached hydrogens (primary N) is 3. The van der Waals surface area contributed by atoms with Crippen LogP contribution in [0.4, 0.5) is 34.5 Å². The minimum Gasteiger partial charge on any atom is -0.397 e. The summed E-state index contributed by atoms with van der Waals surface area (Å²) in [6.07, 6.45) is 3.89. The van der Waals surface area contributed by atoms with Gasteiger partial charge in [0.25, 0.3) is 11.8 Å². The van der Waals surface area contributed by atoms with Crippen LogP contribution in [-0.4, -0.2) is 62.5 Å². The maximum atomic E-state index is 12.5. The molecule has 0 bridgehead atoms. The van der Waals surface area contributed by atoms with Crippen LogP contribution in [0, 0.1) is 0 Å². The number of carbonyl (C=O) groups excluding carboxylic acids is 2. The summed E-state index contributed by atoms with van der Waals surface area (Å²) >= 11 is 0. The van der Waals surface area contributed by atoms with Gasteiger partial charge in [-0.05, 0) is 66.1 Å². The summed E-state index contributed by atoms with van der Waals surface area (Å²) in [5.41, 5.74) is 24.7. The number of aromatic nitrogens is 4. The number of para-hydroxylation sites is 4. The number of imidazole rings is 1. The average Bonchev–Trinajstić information content (AvgIpc) is 3.65. The third kappa shape index (κ3) is 11.7. The lowest BCUT2D eigenvalue weighted by atomic mass is 10.1. The van der Waals surface area contributed by atoms with Crippen molar-refractivity contribution in [2.24, 2.45) is 0 Å². The van der Waals surface area contributed by atoms with Gasteiger partial charge in [0.05, 0.1) is 42.3 Å². The van der Waals surface area contributed by atoms with Crippen LogP contribution in [0.2, 0.25) is 0 Å². The van der Waals surface area contributed by atoms with Crippen LogP contribution in [0.3, 0.4) is 0 Å². The molecule has 0 spiro atoms. The highest BCUT2D eigenvalue weighted by molar-refractivity contribution is 6.06. The van der Waals surface area contributed by atoms with E-state index in [0.29, 0.717) is 51.8 Å². The summed E-state index contributed by atoms with van der Waals surface area (Å²) in [4.78, 5) is 40.2. The number of anilines is 6. The van der Waals surface area contributed by atoms with Gasteiger partial charge in [-0.2, -0.15) is 9.97 Å². The lowest BCUT2D eigenvalue weighted by molar-refractivity contribution is 0.0342. The Morgan fingerprint density at radius 2 is 1.28 bits per heavy atom. The third-order valence-electron chi connectivity index (χ3n) is 9.05. The standard InChI is InChI=1S/C23H26N8O.C18H21N3O2.C2H6/c1-2-3-12-31-14-27-19-20(29-23(25)30-21(19)31)26-13-15-8-10-16(11-9-15)22(32)28-18-7-5-4-6-17(18)24;19-16-3-1-2-4-17(16)20-18(22)15-7-5-14(6-8-15)13-21-9-11-23-12-10-21;1-2/h4-11,14H,2-3,12-13,24H2,1H3,(H,28,32)(H3,25,26,29,30);1-8H,9-13,19H2,(H,20,22);1-2H3. The van der Waals surface area contributed by atoms with Gasteiger partial charge in [0, 0.05) is 43.9 Å². The lowest BCUT2D eigenvalue weighted by Gasteiger charge is -2.26. The maximum absolute atomic E-state index is 12.5. The molecule has 1 saturated heterocycles. The summed E-state index contributed by atoms with van der Waals surface area (Å²) < 4.78 is 7.34. The fourth-order valence-corrected chi connectivity index (χ4v) is 5.93. The number of hydrogen-bond donors (Lipinski definition) is 6. The Morgan fingerprint density at radius 1 is 0.737 bits per heavy atom. The first-order valence-electron chi connectivity index (χ1n) is 19.3. The van der Waals surface area contributed by atoms with E-state index < -0.39 is 0 Å². The molecule has 9 N–H and O–H groups in total. The quantitative estimate of drug-likeness (QED) is 0.0697. The van der Waals surface area contributed by atoms with Gasteiger partial charge in [0.15, 0.2) is 17.0 Å². The highest BCUT2D eigenvalue weighted by Crippen LogP contribution is 2.22. The van der Waals surface area contributed by atoms with Crippen molar-refractivity contribution >= 4 is 57.5 Å². The average molecular weight is 772 g/mol. The predicted molar refractivity (Wildman–Crippen MR) is 230 cm³/mol. The molecule has 1 fully saturated rings. The number of nitrogens with zero attached hydrogens (tertiary/aromatic N) is 5. The Labute approximate surface area is 333 Å². The number of amides is 2. The van der Waals surface area contributed by atoms with Gasteiger partial charge in [-0.15, -0.1) is 0 Å². The molecule has 7 rings (SSSR count). The molecule has 0 unspecified atom stereocenters. The van der Waals surface area contributed by atoms with E-state index in [0.717, 1.165) is 63.4 Å². The van der Waals surface area contributed by atoms with Crippen molar-refractivity contribution in [3.8, 4) is 0 Å². The normalized spacial score (nSPS) is 12.4. The number of morpholine rings is 1. The molecular formula is C43H53N11O3. The van der Waals surface area contributed by atoms with Gasteiger partial charge in [0.2, 0.25) is 5.95 Å². The second-order valence-corrected chi connectivity index (χ2v) is 13.1. The molecule has 0 saturated carbocycles. The zero-order valence-electron chi connectivity index (χ0n) is 32.9. The fraction of sp³-hybridized carbons (Fsp3) is 0.279. The lowest BCUT2D eigenvalue weighted by Crippen LogP contribution is -2.35. The summed E-state index contributed by atoms with van der Waals surface area (Å²) in [5.74, 6) is 0.417. The zero-order valence-corrected chi connectivity index (χ0v) is 32.9. The van der Waals surface area contributed by atoms with Gasteiger partial charge >= 0.3 is 0 Å². The summed E-state index contributed by atoms with van der Waals surface area (Å²) in [6.45, 7) is 11.9. The number of carbonyl (C=O) groups is 2. The van der Waals surface area contributed by atoms with Crippen LogP contribution in [-0.2, 0) is 24.4 Å². The van der Waals surface area contributed by atoms with Gasteiger partial charge in [-0.25, -0.2) is 4.98 Å². The number of fused-ring (bicyclic) bond motifs is 1. The Kier molecular flexibility index (Phi) is 15.3. The molecule has 14 heteroatoms. The third-order valence-corrected chi connectivity index (χ3v) is 9.05. The monoisotopic (exact) mass is 771 g/mol. The first kappa shape index (κ1) is 41.6. The molecule has 2 amide bonds. The van der Waals surface area contributed by atoms with Gasteiger partial charge < -0.3 is 42.5 Å². The molecule has 3 heterocycles. The van der Waals surface area contributed by atoms with Gasteiger partial charge in [-0.3, -0.25) is 14.5 Å². The minimum atomic E-state index is -0.217. The highest BCUT2D eigenvalue weighted by atomic mass is 16.5. The second kappa shape index (κ2) is 21.0. The van der Waals surface area contributed by atoms with E-state index in [4.69, 9.17) is 21.9 Å². The van der Waals surface area contributed by atoms with E-state index in [1.165, 1.54) is 5.56 Å². The predicted octanol–water partition coefficient (Wildman–Crippen LogP) is 7.03. The molecular weight excluding hydrogens is 719 g/mol. The minimum absolute atomic E-state index is 0.152. The summed E-state index contributed by atoms with van der Waals surface area (Å²) in [5, 5.41) is 8.95. The molecule has 6 aromatic rings. The Bertz CT molecular complexity index is 2200. The van der Waals surface area contributed by atoms with Gasteiger partial charge in [0.1, 0.15) is 0 Å². The van der Waals surface area contributed by atoms with Crippen LogP contribution < -0.4 is 33.2 Å². The van der Waals surface area contributed by atoms with E-state index in [2.05, 4.69) is 42.7 Å². The van der Waals surface area contributed by atoms with E-state index in [-0.39, 0.29) is 17.8 Å². The van der Waals surface area contributed by atoms with Crippen LogP contribution in [0.25, 0.3) is 11.2 Å². The highest BCUT2D eigenvalue weighted by Gasteiger charge is 2.14. The topological polar surface area (TPSA) is 204 Å². The van der Waals surface area contributed by atoms with Crippen molar-refractivity contribution in [3.63, 3.8) is 0 Å².